The fourth-order valence-corrected chi connectivity index (χ4v) is 3.36. The lowest BCUT2D eigenvalue weighted by Crippen LogP contribution is -2.41. The molecule has 1 aromatic carbocycles. The van der Waals surface area contributed by atoms with Crippen molar-refractivity contribution < 1.29 is 19.1 Å². The van der Waals surface area contributed by atoms with Gasteiger partial charge in [0.05, 0.1) is 19.2 Å². The van der Waals surface area contributed by atoms with Gasteiger partial charge in [-0.3, -0.25) is 0 Å². The van der Waals surface area contributed by atoms with Crippen LogP contribution in [0, 0.1) is 0 Å². The highest BCUT2D eigenvalue weighted by atomic mass is 16.6. The van der Waals surface area contributed by atoms with E-state index in [4.69, 9.17) is 9.47 Å². The van der Waals surface area contributed by atoms with E-state index in [1.807, 2.05) is 30.3 Å². The fraction of sp³-hybridized carbons (Fsp3) is 0.500. The third-order valence-electron chi connectivity index (χ3n) is 4.43. The molecule has 0 N–H and O–H groups in total. The van der Waals surface area contributed by atoms with Crippen LogP contribution in [0.15, 0.2) is 30.3 Å². The molecule has 0 aromatic heterocycles. The summed E-state index contributed by atoms with van der Waals surface area (Å²) in [6.45, 7) is 1.52. The molecule has 3 rings (SSSR count). The lowest BCUT2D eigenvalue weighted by molar-refractivity contribution is 0.0896. The number of methoxy groups -OCH3 is 1. The SMILES string of the molecule is COC(=O)N1CCC2C1CCN2C(=O)OCc1ccccc1. The molecular formula is C16H20N2O4. The number of carbonyl (C=O) groups is 2. The second-order valence-electron chi connectivity index (χ2n) is 5.61. The van der Waals surface area contributed by atoms with Gasteiger partial charge in [0, 0.05) is 13.1 Å². The first-order valence-corrected chi connectivity index (χ1v) is 7.52. The summed E-state index contributed by atoms with van der Waals surface area (Å²) in [5.74, 6) is 0. The van der Waals surface area contributed by atoms with Crippen LogP contribution in [0.5, 0.6) is 0 Å². The van der Waals surface area contributed by atoms with Gasteiger partial charge in [0.15, 0.2) is 0 Å². The molecule has 0 aliphatic carbocycles. The molecular weight excluding hydrogens is 284 g/mol. The number of hydrogen-bond donors (Lipinski definition) is 0. The molecule has 0 saturated carbocycles. The second kappa shape index (κ2) is 6.25. The van der Waals surface area contributed by atoms with E-state index >= 15 is 0 Å². The van der Waals surface area contributed by atoms with Gasteiger partial charge in [-0.1, -0.05) is 30.3 Å². The van der Waals surface area contributed by atoms with E-state index in [1.54, 1.807) is 9.80 Å². The quantitative estimate of drug-likeness (QED) is 0.841. The van der Waals surface area contributed by atoms with Crippen molar-refractivity contribution in [1.29, 1.82) is 0 Å². The first-order chi connectivity index (χ1) is 10.7. The van der Waals surface area contributed by atoms with Gasteiger partial charge in [-0.05, 0) is 18.4 Å². The fourth-order valence-electron chi connectivity index (χ4n) is 3.36. The van der Waals surface area contributed by atoms with E-state index in [0.29, 0.717) is 13.1 Å². The molecule has 0 bridgehead atoms. The van der Waals surface area contributed by atoms with Crippen molar-refractivity contribution in [3.8, 4) is 0 Å². The Morgan fingerprint density at radius 1 is 1.05 bits per heavy atom. The van der Waals surface area contributed by atoms with Crippen molar-refractivity contribution in [1.82, 2.24) is 9.80 Å². The number of ether oxygens (including phenoxy) is 2. The maximum absolute atomic E-state index is 12.3. The number of rotatable bonds is 2. The van der Waals surface area contributed by atoms with Gasteiger partial charge in [0.25, 0.3) is 0 Å². The highest BCUT2D eigenvalue weighted by Gasteiger charge is 2.47. The van der Waals surface area contributed by atoms with E-state index in [1.165, 1.54) is 7.11 Å². The molecule has 6 nitrogen and oxygen atoms in total. The van der Waals surface area contributed by atoms with Gasteiger partial charge in [0.2, 0.25) is 0 Å². The molecule has 2 aliphatic heterocycles. The van der Waals surface area contributed by atoms with Crippen molar-refractivity contribution in [3.05, 3.63) is 35.9 Å². The van der Waals surface area contributed by atoms with Crippen LogP contribution < -0.4 is 0 Å². The zero-order chi connectivity index (χ0) is 15.5. The van der Waals surface area contributed by atoms with Gasteiger partial charge < -0.3 is 19.3 Å². The Bertz CT molecular complexity index is 548. The molecule has 1 aromatic rings. The lowest BCUT2D eigenvalue weighted by Gasteiger charge is -2.24. The summed E-state index contributed by atoms with van der Waals surface area (Å²) >= 11 is 0. The zero-order valence-electron chi connectivity index (χ0n) is 12.6. The predicted molar refractivity (Wildman–Crippen MR) is 79.3 cm³/mol. The largest absolute Gasteiger partial charge is 0.453 e. The summed E-state index contributed by atoms with van der Waals surface area (Å²) in [7, 11) is 1.39. The number of amides is 2. The average Bonchev–Trinajstić information content (AvgIpc) is 3.14. The number of carbonyl (C=O) groups excluding carboxylic acids is 2. The van der Waals surface area contributed by atoms with Crippen molar-refractivity contribution in [2.24, 2.45) is 0 Å². The maximum atomic E-state index is 12.3. The number of nitrogens with zero attached hydrogens (tertiary/aromatic N) is 2. The van der Waals surface area contributed by atoms with Crippen LogP contribution >= 0.6 is 0 Å². The van der Waals surface area contributed by atoms with Gasteiger partial charge in [-0.25, -0.2) is 9.59 Å². The van der Waals surface area contributed by atoms with Crippen molar-refractivity contribution in [2.45, 2.75) is 31.5 Å². The number of benzene rings is 1. The Balaban J connectivity index is 1.57. The smallest absolute Gasteiger partial charge is 0.410 e. The van der Waals surface area contributed by atoms with Crippen LogP contribution in [-0.4, -0.2) is 54.3 Å². The summed E-state index contributed by atoms with van der Waals surface area (Å²) in [5.41, 5.74) is 0.967. The molecule has 0 radical (unpaired) electrons. The Morgan fingerprint density at radius 2 is 1.64 bits per heavy atom. The molecule has 2 saturated heterocycles. The average molecular weight is 304 g/mol. The van der Waals surface area contributed by atoms with Gasteiger partial charge >= 0.3 is 12.2 Å². The summed E-state index contributed by atoms with van der Waals surface area (Å²) in [6.07, 6.45) is 0.940. The third kappa shape index (κ3) is 2.73. The molecule has 2 heterocycles. The van der Waals surface area contributed by atoms with Crippen LogP contribution in [0.1, 0.15) is 18.4 Å². The minimum absolute atomic E-state index is 0.0439. The van der Waals surface area contributed by atoms with E-state index in [2.05, 4.69) is 0 Å². The van der Waals surface area contributed by atoms with Gasteiger partial charge in [-0.2, -0.15) is 0 Å². The summed E-state index contributed by atoms with van der Waals surface area (Å²) in [4.78, 5) is 27.5. The van der Waals surface area contributed by atoms with E-state index in [9.17, 15) is 9.59 Å². The molecule has 22 heavy (non-hydrogen) atoms. The maximum Gasteiger partial charge on any atom is 0.410 e. The lowest BCUT2D eigenvalue weighted by atomic mass is 10.1. The molecule has 2 aliphatic rings. The van der Waals surface area contributed by atoms with Gasteiger partial charge in [0.1, 0.15) is 6.61 Å². The Labute approximate surface area is 129 Å². The molecule has 2 atom stereocenters. The normalized spacial score (nSPS) is 23.3. The molecule has 2 fully saturated rings. The molecule has 0 spiro atoms. The monoisotopic (exact) mass is 304 g/mol. The molecule has 2 unspecified atom stereocenters. The highest BCUT2D eigenvalue weighted by Crippen LogP contribution is 2.32. The number of likely N-dealkylation sites (tertiary alicyclic amines) is 2. The summed E-state index contributed by atoms with van der Waals surface area (Å²) in [5, 5.41) is 0. The van der Waals surface area contributed by atoms with Crippen LogP contribution in [0.2, 0.25) is 0 Å². The van der Waals surface area contributed by atoms with Crippen molar-refractivity contribution >= 4 is 12.2 Å². The minimum atomic E-state index is -0.313. The van der Waals surface area contributed by atoms with Crippen LogP contribution in [-0.2, 0) is 16.1 Å². The Morgan fingerprint density at radius 3 is 2.23 bits per heavy atom. The van der Waals surface area contributed by atoms with Crippen molar-refractivity contribution in [3.63, 3.8) is 0 Å². The predicted octanol–water partition coefficient (Wildman–Crippen LogP) is 2.24. The number of hydrogen-bond acceptors (Lipinski definition) is 4. The van der Waals surface area contributed by atoms with Crippen LogP contribution in [0.25, 0.3) is 0 Å². The standard InChI is InChI=1S/C16H20N2O4/c1-21-15(19)17-9-7-14-13(17)8-10-18(14)16(20)22-11-12-5-3-2-4-6-12/h2-6,13-14H,7-11H2,1H3. The summed E-state index contributed by atoms with van der Waals surface area (Å²) in [6, 6.07) is 9.71. The Kier molecular flexibility index (Phi) is 4.18. The minimum Gasteiger partial charge on any atom is -0.453 e. The van der Waals surface area contributed by atoms with Crippen LogP contribution in [0.4, 0.5) is 9.59 Å². The second-order valence-corrected chi connectivity index (χ2v) is 5.61. The van der Waals surface area contributed by atoms with E-state index in [-0.39, 0.29) is 30.9 Å². The Hall–Kier alpha value is -2.24. The first kappa shape index (κ1) is 14.7. The molecule has 6 heteroatoms. The molecule has 118 valence electrons. The molecule has 2 amide bonds. The highest BCUT2D eigenvalue weighted by molar-refractivity contribution is 5.71. The van der Waals surface area contributed by atoms with Crippen molar-refractivity contribution in [2.75, 3.05) is 20.2 Å². The van der Waals surface area contributed by atoms with Crippen LogP contribution in [0.3, 0.4) is 0 Å². The third-order valence-corrected chi connectivity index (χ3v) is 4.43. The topological polar surface area (TPSA) is 59.1 Å². The van der Waals surface area contributed by atoms with E-state index < -0.39 is 0 Å². The summed E-state index contributed by atoms with van der Waals surface area (Å²) < 4.78 is 10.2. The first-order valence-electron chi connectivity index (χ1n) is 7.52. The number of fused-ring (bicyclic) bond motifs is 1. The van der Waals surface area contributed by atoms with E-state index in [0.717, 1.165) is 18.4 Å². The zero-order valence-corrected chi connectivity index (χ0v) is 12.6. The van der Waals surface area contributed by atoms with Gasteiger partial charge in [-0.15, -0.1) is 0 Å².